The monoisotopic (exact) mass is 391 g/mol. The number of hydrogen-bond acceptors (Lipinski definition) is 0. The molecule has 0 saturated carbocycles. The van der Waals surface area contributed by atoms with Crippen LogP contribution in [0, 0.1) is 12.3 Å². The summed E-state index contributed by atoms with van der Waals surface area (Å²) in [5.41, 5.74) is 8.97. The van der Waals surface area contributed by atoms with Crippen LogP contribution in [0.25, 0.3) is 0 Å². The molecule has 0 bridgehead atoms. The van der Waals surface area contributed by atoms with Crippen molar-refractivity contribution in [2.45, 2.75) is 98.8 Å². The van der Waals surface area contributed by atoms with Gasteiger partial charge in [-0.2, -0.15) is 0 Å². The van der Waals surface area contributed by atoms with Crippen LogP contribution in [0.2, 0.25) is 0 Å². The molecule has 2 aromatic carbocycles. The van der Waals surface area contributed by atoms with Gasteiger partial charge in [-0.1, -0.05) is 90.8 Å². The molecule has 2 atom stereocenters. The first-order chi connectivity index (χ1) is 14.0. The molecule has 159 valence electrons. The zero-order valence-corrected chi connectivity index (χ0v) is 19.9. The summed E-state index contributed by atoms with van der Waals surface area (Å²) < 4.78 is 0. The van der Waals surface area contributed by atoms with E-state index >= 15 is 0 Å². The van der Waals surface area contributed by atoms with Crippen LogP contribution in [-0.4, -0.2) is 0 Å². The maximum Gasteiger partial charge on any atom is -0.0156 e. The third-order valence-electron chi connectivity index (χ3n) is 6.33. The second-order valence-corrected chi connectivity index (χ2v) is 8.74. The van der Waals surface area contributed by atoms with Gasteiger partial charge in [0.25, 0.3) is 0 Å². The highest BCUT2D eigenvalue weighted by atomic mass is 14.2. The molecule has 0 nitrogen and oxygen atoms in total. The third-order valence-corrected chi connectivity index (χ3v) is 6.33. The van der Waals surface area contributed by atoms with Gasteiger partial charge in [0.05, 0.1) is 0 Å². The second kappa shape index (κ2) is 12.2. The lowest BCUT2D eigenvalue weighted by atomic mass is 9.82. The summed E-state index contributed by atoms with van der Waals surface area (Å²) in [5, 5.41) is 0. The molecule has 2 aromatic rings. The van der Waals surface area contributed by atoms with Gasteiger partial charge in [0.1, 0.15) is 0 Å². The minimum absolute atomic E-state index is 0.508. The highest BCUT2D eigenvalue weighted by Gasteiger charge is 2.17. The van der Waals surface area contributed by atoms with Crippen LogP contribution in [0.15, 0.2) is 36.4 Å². The number of benzene rings is 2. The average Bonchev–Trinajstić information content (AvgIpc) is 2.76. The number of unbranched alkanes of at least 4 members (excludes halogenated alkanes) is 1. The Balaban J connectivity index is 2.20. The summed E-state index contributed by atoms with van der Waals surface area (Å²) in [6.07, 6.45) is 12.2. The summed E-state index contributed by atoms with van der Waals surface area (Å²) in [4.78, 5) is 0. The van der Waals surface area contributed by atoms with E-state index in [9.17, 15) is 0 Å². The van der Waals surface area contributed by atoms with Gasteiger partial charge in [0.2, 0.25) is 0 Å². The van der Waals surface area contributed by atoms with E-state index in [-0.39, 0.29) is 0 Å². The van der Waals surface area contributed by atoms with E-state index in [1.807, 2.05) is 0 Å². The van der Waals surface area contributed by atoms with Crippen LogP contribution < -0.4 is 0 Å². The lowest BCUT2D eigenvalue weighted by Crippen LogP contribution is -2.11. The Morgan fingerprint density at radius 3 is 1.55 bits per heavy atom. The fourth-order valence-corrected chi connectivity index (χ4v) is 4.38. The minimum Gasteiger partial charge on any atom is -0.0654 e. The molecule has 2 rings (SSSR count). The maximum absolute atomic E-state index is 2.65. The van der Waals surface area contributed by atoms with Crippen molar-refractivity contribution >= 4 is 0 Å². The van der Waals surface area contributed by atoms with Crippen molar-refractivity contribution in [2.24, 2.45) is 5.92 Å². The van der Waals surface area contributed by atoms with Crippen molar-refractivity contribution in [3.05, 3.63) is 76.2 Å². The molecule has 0 aliphatic carbocycles. The highest BCUT2D eigenvalue weighted by molar-refractivity contribution is 5.34. The Hall–Kier alpha value is -1.56. The zero-order valence-electron chi connectivity index (χ0n) is 19.9. The molecule has 0 saturated heterocycles. The standard InChI is InChI=1S/C29H43/c1-7-12-13-27(19-28-17-23(8-2)15-24(9-3)18-28)14-22(6)29-20-25(10-4)16-26(11-5)21-29/h14-18,20-22,27H,7-13,19H2,1-6H3. The van der Waals surface area contributed by atoms with Crippen molar-refractivity contribution in [2.75, 3.05) is 0 Å². The summed E-state index contributed by atoms with van der Waals surface area (Å²) >= 11 is 0. The second-order valence-electron chi connectivity index (χ2n) is 8.74. The molecule has 0 heteroatoms. The first-order valence-corrected chi connectivity index (χ1v) is 12.1. The van der Waals surface area contributed by atoms with Gasteiger partial charge >= 0.3 is 0 Å². The van der Waals surface area contributed by atoms with Crippen molar-refractivity contribution < 1.29 is 0 Å². The maximum atomic E-state index is 2.65. The van der Waals surface area contributed by atoms with E-state index in [4.69, 9.17) is 0 Å². The van der Waals surface area contributed by atoms with Crippen molar-refractivity contribution in [3.8, 4) is 0 Å². The van der Waals surface area contributed by atoms with Crippen molar-refractivity contribution in [3.63, 3.8) is 0 Å². The molecule has 0 amide bonds. The van der Waals surface area contributed by atoms with Crippen LogP contribution in [-0.2, 0) is 32.1 Å². The fourth-order valence-electron chi connectivity index (χ4n) is 4.38. The number of hydrogen-bond donors (Lipinski definition) is 0. The van der Waals surface area contributed by atoms with Crippen LogP contribution in [0.4, 0.5) is 0 Å². The summed E-state index contributed by atoms with van der Waals surface area (Å²) in [7, 11) is 0. The van der Waals surface area contributed by atoms with Crippen molar-refractivity contribution in [1.29, 1.82) is 0 Å². The van der Waals surface area contributed by atoms with Gasteiger partial charge in [-0.25, -0.2) is 0 Å². The summed E-state index contributed by atoms with van der Waals surface area (Å²) in [6, 6.07) is 14.5. The Morgan fingerprint density at radius 1 is 0.655 bits per heavy atom. The quantitative estimate of drug-likeness (QED) is 0.341. The largest absolute Gasteiger partial charge is 0.0654 e. The first-order valence-electron chi connectivity index (χ1n) is 12.1. The van der Waals surface area contributed by atoms with E-state index in [0.717, 1.165) is 25.7 Å². The Kier molecular flexibility index (Phi) is 9.98. The zero-order chi connectivity index (χ0) is 21.2. The number of rotatable bonds is 12. The molecule has 0 aromatic heterocycles. The lowest BCUT2D eigenvalue weighted by Gasteiger charge is -2.23. The van der Waals surface area contributed by atoms with Crippen LogP contribution in [0.1, 0.15) is 100 Å². The fraction of sp³-hybridized carbons (Fsp3) is 0.552. The van der Waals surface area contributed by atoms with Crippen molar-refractivity contribution in [1.82, 2.24) is 0 Å². The van der Waals surface area contributed by atoms with E-state index in [2.05, 4.69) is 84.4 Å². The Morgan fingerprint density at radius 2 is 1.10 bits per heavy atom. The summed E-state index contributed by atoms with van der Waals surface area (Å²) in [5.74, 6) is 1.16. The predicted octanol–water partition coefficient (Wildman–Crippen LogP) is 8.29. The Bertz CT molecular complexity index is 695. The van der Waals surface area contributed by atoms with Gasteiger partial charge in [-0.05, 0) is 90.2 Å². The van der Waals surface area contributed by atoms with E-state index < -0.39 is 0 Å². The average molecular weight is 392 g/mol. The van der Waals surface area contributed by atoms with Gasteiger partial charge in [-0.3, -0.25) is 0 Å². The van der Waals surface area contributed by atoms with E-state index in [1.165, 1.54) is 59.1 Å². The highest BCUT2D eigenvalue weighted by Crippen LogP contribution is 2.30. The topological polar surface area (TPSA) is 0 Å². The van der Waals surface area contributed by atoms with Gasteiger partial charge in [-0.15, -0.1) is 0 Å². The summed E-state index contributed by atoms with van der Waals surface area (Å²) in [6.45, 7) is 13.8. The van der Waals surface area contributed by atoms with Gasteiger partial charge in [0, 0.05) is 0 Å². The van der Waals surface area contributed by atoms with Crippen LogP contribution in [0.3, 0.4) is 0 Å². The first kappa shape index (κ1) is 23.7. The smallest absolute Gasteiger partial charge is 0.0156 e. The van der Waals surface area contributed by atoms with E-state index in [1.54, 1.807) is 0 Å². The predicted molar refractivity (Wildman–Crippen MR) is 130 cm³/mol. The molecular formula is C29H43. The molecule has 0 heterocycles. The molecule has 0 spiro atoms. The molecular weight excluding hydrogens is 348 g/mol. The lowest BCUT2D eigenvalue weighted by molar-refractivity contribution is 0.494. The van der Waals surface area contributed by atoms with Gasteiger partial charge in [0.15, 0.2) is 0 Å². The van der Waals surface area contributed by atoms with E-state index in [0.29, 0.717) is 11.8 Å². The Labute approximate surface area is 181 Å². The molecule has 2 unspecified atom stereocenters. The molecule has 0 aliphatic heterocycles. The third kappa shape index (κ3) is 7.32. The molecule has 29 heavy (non-hydrogen) atoms. The molecule has 1 radical (unpaired) electrons. The molecule has 0 aliphatic rings. The molecule has 0 fully saturated rings. The van der Waals surface area contributed by atoms with Crippen LogP contribution >= 0.6 is 0 Å². The van der Waals surface area contributed by atoms with Gasteiger partial charge < -0.3 is 0 Å². The van der Waals surface area contributed by atoms with Crippen LogP contribution in [0.5, 0.6) is 0 Å². The SMILES string of the molecule is CCCCC([CH]C(C)c1cc(CC)cc(CC)c1)Cc1cc(CC)cc(CC)c1. The molecule has 0 N–H and O–H groups in total. The minimum atomic E-state index is 0.508. The normalized spacial score (nSPS) is 13.4. The number of aryl methyl sites for hydroxylation is 4.